The van der Waals surface area contributed by atoms with Gasteiger partial charge in [0.25, 0.3) is 5.24 Å². The summed E-state index contributed by atoms with van der Waals surface area (Å²) < 4.78 is 45.9. The Bertz CT molecular complexity index is 1130. The quantitative estimate of drug-likeness (QED) is 0.585. The third-order valence-corrected chi connectivity index (χ3v) is 5.61. The van der Waals surface area contributed by atoms with Crippen molar-refractivity contribution in [3.63, 3.8) is 0 Å². The first-order chi connectivity index (χ1) is 13.8. The maximum atomic E-state index is 13.7. The topological polar surface area (TPSA) is 46.6 Å². The number of halogens is 3. The van der Waals surface area contributed by atoms with Crippen LogP contribution in [-0.2, 0) is 11.4 Å². The summed E-state index contributed by atoms with van der Waals surface area (Å²) in [5, 5.41) is 1.10. The predicted molar refractivity (Wildman–Crippen MR) is 103 cm³/mol. The fourth-order valence-electron chi connectivity index (χ4n) is 3.20. The maximum absolute atomic E-state index is 13.7. The lowest BCUT2D eigenvalue weighted by molar-refractivity contribution is -0.113. The molecule has 1 fully saturated rings. The molecule has 1 aliphatic heterocycles. The molecular weight excluding hydrogens is 403 g/mol. The number of benzene rings is 3. The molecule has 0 aliphatic carbocycles. The Morgan fingerprint density at radius 2 is 1.62 bits per heavy atom. The molecule has 1 saturated heterocycles. The largest absolute Gasteiger partial charge is 0.489 e. The zero-order valence-corrected chi connectivity index (χ0v) is 15.9. The van der Waals surface area contributed by atoms with Crippen LogP contribution in [0.2, 0.25) is 0 Å². The van der Waals surface area contributed by atoms with Crippen LogP contribution in [0.4, 0.5) is 18.0 Å². The van der Waals surface area contributed by atoms with Crippen LogP contribution in [0, 0.1) is 17.5 Å². The van der Waals surface area contributed by atoms with Crippen molar-refractivity contribution in [2.75, 3.05) is 7.05 Å². The Hall–Kier alpha value is -3.00. The summed E-state index contributed by atoms with van der Waals surface area (Å²) in [6.07, 6.45) is 0. The molecule has 1 heterocycles. The normalized spacial score (nSPS) is 16.7. The standard InChI is InChI=1S/C21H14F3NO3S/c1-25-19(20(26)29-21(25)27)13-3-2-12-7-15(5-4-11(12)6-13)28-10-16-17(23)8-14(22)9-18(16)24/h2-9,19H,10H2,1H3. The number of hydrogen-bond donors (Lipinski definition) is 0. The van der Waals surface area contributed by atoms with Crippen molar-refractivity contribution in [2.24, 2.45) is 0 Å². The van der Waals surface area contributed by atoms with Crippen molar-refractivity contribution in [1.29, 1.82) is 0 Å². The van der Waals surface area contributed by atoms with Gasteiger partial charge in [0.15, 0.2) is 0 Å². The highest BCUT2D eigenvalue weighted by Gasteiger charge is 2.38. The van der Waals surface area contributed by atoms with Crippen molar-refractivity contribution >= 4 is 32.9 Å². The molecule has 8 heteroatoms. The lowest BCUT2D eigenvalue weighted by Crippen LogP contribution is -2.23. The van der Waals surface area contributed by atoms with Gasteiger partial charge in [-0.3, -0.25) is 9.59 Å². The molecular formula is C21H14F3NO3S. The highest BCUT2D eigenvalue weighted by atomic mass is 32.2. The number of likely N-dealkylation sites (N-methyl/N-ethyl adjacent to an activating group) is 1. The van der Waals surface area contributed by atoms with Crippen LogP contribution >= 0.6 is 11.8 Å². The summed E-state index contributed by atoms with van der Waals surface area (Å²) in [5.41, 5.74) is 0.347. The minimum absolute atomic E-state index is 0.222. The number of ether oxygens (including phenoxy) is 1. The number of carbonyl (C=O) groups excluding carboxylic acids is 2. The van der Waals surface area contributed by atoms with Gasteiger partial charge in [0.05, 0.1) is 5.56 Å². The number of nitrogens with zero attached hydrogens (tertiary/aromatic N) is 1. The highest BCUT2D eigenvalue weighted by molar-refractivity contribution is 8.26. The molecule has 4 nitrogen and oxygen atoms in total. The van der Waals surface area contributed by atoms with Crippen LogP contribution in [0.1, 0.15) is 17.2 Å². The third kappa shape index (κ3) is 3.67. The van der Waals surface area contributed by atoms with Crippen LogP contribution in [0.15, 0.2) is 48.5 Å². The smallest absolute Gasteiger partial charge is 0.289 e. The van der Waals surface area contributed by atoms with Crippen LogP contribution in [-0.4, -0.2) is 22.3 Å². The molecule has 0 N–H and O–H groups in total. The lowest BCUT2D eigenvalue weighted by atomic mass is 10.0. The third-order valence-electron chi connectivity index (χ3n) is 4.73. The summed E-state index contributed by atoms with van der Waals surface area (Å²) >= 11 is 0.690. The molecule has 3 aromatic carbocycles. The van der Waals surface area contributed by atoms with Crippen molar-refractivity contribution in [2.45, 2.75) is 12.6 Å². The van der Waals surface area contributed by atoms with Gasteiger partial charge >= 0.3 is 0 Å². The Morgan fingerprint density at radius 3 is 2.28 bits per heavy atom. The summed E-state index contributed by atoms with van der Waals surface area (Å²) in [4.78, 5) is 25.2. The second kappa shape index (κ2) is 7.44. The number of fused-ring (bicyclic) bond motifs is 1. The van der Waals surface area contributed by atoms with Gasteiger partial charge in [-0.1, -0.05) is 18.2 Å². The zero-order chi connectivity index (χ0) is 20.7. The van der Waals surface area contributed by atoms with E-state index < -0.39 is 23.5 Å². The van der Waals surface area contributed by atoms with Crippen molar-refractivity contribution in [3.8, 4) is 5.75 Å². The van der Waals surface area contributed by atoms with Crippen LogP contribution in [0.5, 0.6) is 5.75 Å². The van der Waals surface area contributed by atoms with Gasteiger partial charge in [0.1, 0.15) is 35.8 Å². The molecule has 1 amide bonds. The zero-order valence-electron chi connectivity index (χ0n) is 15.1. The predicted octanol–water partition coefficient (Wildman–Crippen LogP) is 5.20. The highest BCUT2D eigenvalue weighted by Crippen LogP contribution is 2.36. The first-order valence-electron chi connectivity index (χ1n) is 8.62. The molecule has 29 heavy (non-hydrogen) atoms. The van der Waals surface area contributed by atoms with E-state index >= 15 is 0 Å². The van der Waals surface area contributed by atoms with E-state index in [1.807, 2.05) is 6.07 Å². The molecule has 0 aromatic heterocycles. The summed E-state index contributed by atoms with van der Waals surface area (Å²) in [7, 11) is 1.58. The second-order valence-electron chi connectivity index (χ2n) is 6.61. The molecule has 0 saturated carbocycles. The van der Waals surface area contributed by atoms with E-state index in [9.17, 15) is 22.8 Å². The fraction of sp³-hybridized carbons (Fsp3) is 0.143. The van der Waals surface area contributed by atoms with Crippen molar-refractivity contribution < 1.29 is 27.5 Å². The van der Waals surface area contributed by atoms with Crippen molar-refractivity contribution in [3.05, 3.63) is 77.1 Å². The van der Waals surface area contributed by atoms with E-state index in [4.69, 9.17) is 4.74 Å². The van der Waals surface area contributed by atoms with Gasteiger partial charge in [0.2, 0.25) is 5.12 Å². The van der Waals surface area contributed by atoms with Gasteiger partial charge < -0.3 is 9.64 Å². The SMILES string of the molecule is CN1C(=O)SC(=O)C1c1ccc2cc(OCc3c(F)cc(F)cc3F)ccc2c1. The minimum atomic E-state index is -1.01. The van der Waals surface area contributed by atoms with E-state index in [0.29, 0.717) is 35.2 Å². The summed E-state index contributed by atoms with van der Waals surface area (Å²) in [6, 6.07) is 11.0. The van der Waals surface area contributed by atoms with Gasteiger partial charge in [0, 0.05) is 30.9 Å². The van der Waals surface area contributed by atoms with E-state index in [1.165, 1.54) is 4.90 Å². The number of amides is 1. The molecule has 1 aliphatic rings. The van der Waals surface area contributed by atoms with E-state index in [0.717, 1.165) is 10.8 Å². The maximum Gasteiger partial charge on any atom is 0.289 e. The van der Waals surface area contributed by atoms with E-state index in [1.54, 1.807) is 37.4 Å². The molecule has 148 valence electrons. The molecule has 0 radical (unpaired) electrons. The van der Waals surface area contributed by atoms with Crippen LogP contribution in [0.25, 0.3) is 10.8 Å². The summed E-state index contributed by atoms with van der Waals surface area (Å²) in [6.45, 7) is -0.387. The molecule has 4 rings (SSSR count). The molecule has 3 aromatic rings. The van der Waals surface area contributed by atoms with E-state index in [2.05, 4.69) is 0 Å². The minimum Gasteiger partial charge on any atom is -0.489 e. The first-order valence-corrected chi connectivity index (χ1v) is 9.43. The number of thioether (sulfide) groups is 1. The van der Waals surface area contributed by atoms with Gasteiger partial charge in [-0.05, 0) is 34.5 Å². The molecule has 1 atom stereocenters. The fourth-order valence-corrected chi connectivity index (χ4v) is 4.03. The van der Waals surface area contributed by atoms with Crippen LogP contribution in [0.3, 0.4) is 0 Å². The Morgan fingerprint density at radius 1 is 0.966 bits per heavy atom. The molecule has 0 bridgehead atoms. The first kappa shape index (κ1) is 19.3. The van der Waals surface area contributed by atoms with Crippen LogP contribution < -0.4 is 4.74 Å². The average Bonchev–Trinajstić information content (AvgIpc) is 2.92. The number of hydrogen-bond acceptors (Lipinski definition) is 4. The van der Waals surface area contributed by atoms with Gasteiger partial charge in [-0.15, -0.1) is 0 Å². The Kier molecular flexibility index (Phi) is 4.96. The van der Waals surface area contributed by atoms with Gasteiger partial charge in [-0.25, -0.2) is 13.2 Å². The van der Waals surface area contributed by atoms with Crippen molar-refractivity contribution in [1.82, 2.24) is 4.90 Å². The Balaban J connectivity index is 1.56. The average molecular weight is 417 g/mol. The lowest BCUT2D eigenvalue weighted by Gasteiger charge is -2.18. The number of rotatable bonds is 4. The molecule has 1 unspecified atom stereocenters. The molecule has 0 spiro atoms. The summed E-state index contributed by atoms with van der Waals surface area (Å²) in [5.74, 6) is -2.62. The monoisotopic (exact) mass is 417 g/mol. The van der Waals surface area contributed by atoms with E-state index in [-0.39, 0.29) is 22.5 Å². The second-order valence-corrected chi connectivity index (χ2v) is 7.56. The number of carbonyl (C=O) groups is 2. The Labute approximate surface area is 168 Å². The van der Waals surface area contributed by atoms with Gasteiger partial charge in [-0.2, -0.15) is 0 Å².